The van der Waals surface area contributed by atoms with E-state index in [1.165, 1.54) is 37.7 Å². The summed E-state index contributed by atoms with van der Waals surface area (Å²) in [5.74, 6) is -2.24. The molecule has 1 unspecified atom stereocenters. The number of amides is 4. The number of aliphatic imine (C=N–C) groups is 1. The minimum Gasteiger partial charge on any atom is -0.433 e. The van der Waals surface area contributed by atoms with Crippen LogP contribution < -0.4 is 10.6 Å². The molecule has 13 nitrogen and oxygen atoms in total. The third kappa shape index (κ3) is 10.8. The van der Waals surface area contributed by atoms with E-state index >= 15 is 0 Å². The van der Waals surface area contributed by atoms with Crippen molar-refractivity contribution in [3.8, 4) is 0 Å². The maximum absolute atomic E-state index is 14.8. The molecule has 0 aliphatic carbocycles. The average Bonchev–Trinajstić information content (AvgIpc) is 3.29. The van der Waals surface area contributed by atoms with E-state index in [0.717, 1.165) is 49.3 Å². The molecule has 0 aromatic heterocycles. The predicted molar refractivity (Wildman–Crippen MR) is 212 cm³/mol. The number of imide groups is 1. The van der Waals surface area contributed by atoms with Crippen LogP contribution in [0.4, 0.5) is 21.9 Å². The van der Waals surface area contributed by atoms with Gasteiger partial charge in [0.15, 0.2) is 17.5 Å². The molecule has 1 atom stereocenters. The van der Waals surface area contributed by atoms with Gasteiger partial charge in [0.1, 0.15) is 4.90 Å². The topological polar surface area (TPSA) is 164 Å². The van der Waals surface area contributed by atoms with Gasteiger partial charge in [0.2, 0.25) is 5.91 Å². The van der Waals surface area contributed by atoms with E-state index in [2.05, 4.69) is 29.5 Å². The van der Waals surface area contributed by atoms with Gasteiger partial charge < -0.3 is 20.1 Å². The number of hydrogen-bond acceptors (Lipinski definition) is 10. The van der Waals surface area contributed by atoms with Gasteiger partial charge in [0.25, 0.3) is 21.8 Å². The standard InChI is InChI=1S/C39H55N5O8S2/c1-8-10-12-16-24-51-25-17-23-43-34(41-28-18-14-15-19-31(28)54(43,49)50)33(44-36(47)39(6,7)52-37(44)48)35(46)42-29-26-27(40-32(45)20-13-11-9-2)21-22-30(29)53-38(3,4)5/h14-15,18-19,21-22,26,33H,8-13,16-17,20,23-25H2,1-7H3,(H,40,45)(H,42,46). The normalized spacial score (nSPS) is 16.8. The number of ether oxygens (including phenoxy) is 2. The highest BCUT2D eigenvalue weighted by Crippen LogP contribution is 2.40. The Bertz CT molecular complexity index is 1820. The number of nitrogens with zero attached hydrogens (tertiary/aromatic N) is 3. The summed E-state index contributed by atoms with van der Waals surface area (Å²) in [5.41, 5.74) is -0.849. The molecule has 4 amide bonds. The molecule has 0 saturated carbocycles. The first-order chi connectivity index (χ1) is 25.5. The molecule has 4 rings (SSSR count). The lowest BCUT2D eigenvalue weighted by Crippen LogP contribution is -2.59. The largest absolute Gasteiger partial charge is 0.433 e. The summed E-state index contributed by atoms with van der Waals surface area (Å²) in [4.78, 5) is 60.7. The molecular weight excluding hydrogens is 731 g/mol. The molecule has 15 heteroatoms. The smallest absolute Gasteiger partial charge is 0.418 e. The third-order valence-electron chi connectivity index (χ3n) is 8.68. The number of carbonyl (C=O) groups excluding carboxylic acids is 4. The van der Waals surface area contributed by atoms with Crippen LogP contribution in [0.3, 0.4) is 0 Å². The predicted octanol–water partition coefficient (Wildman–Crippen LogP) is 7.88. The molecule has 0 radical (unpaired) electrons. The van der Waals surface area contributed by atoms with Gasteiger partial charge in [-0.15, -0.1) is 11.8 Å². The average molecular weight is 786 g/mol. The zero-order valence-corrected chi connectivity index (χ0v) is 34.2. The van der Waals surface area contributed by atoms with Crippen molar-refractivity contribution in [2.45, 2.75) is 132 Å². The fourth-order valence-electron chi connectivity index (χ4n) is 6.01. The number of thioether (sulfide) groups is 1. The number of amidine groups is 1. The second-order valence-corrected chi connectivity index (χ2v) is 18.6. The minimum atomic E-state index is -4.32. The Labute approximate surface area is 324 Å². The Morgan fingerprint density at radius 2 is 1.63 bits per heavy atom. The van der Waals surface area contributed by atoms with Crippen molar-refractivity contribution in [1.82, 2.24) is 9.21 Å². The zero-order chi connectivity index (χ0) is 39.7. The summed E-state index contributed by atoms with van der Waals surface area (Å²) in [6.45, 7) is 13.6. The van der Waals surface area contributed by atoms with Crippen molar-refractivity contribution in [1.29, 1.82) is 0 Å². The van der Waals surface area contributed by atoms with Crippen LogP contribution in [0.5, 0.6) is 0 Å². The second-order valence-electron chi connectivity index (χ2n) is 14.9. The van der Waals surface area contributed by atoms with Crippen LogP contribution in [0.2, 0.25) is 0 Å². The van der Waals surface area contributed by atoms with Gasteiger partial charge in [-0.1, -0.05) is 78.9 Å². The number of fused-ring (bicyclic) bond motifs is 1. The SMILES string of the molecule is CCCCCCOCCCN1C(C(C(=O)Nc2cc(NC(=O)CCCCC)ccc2SC(C)(C)C)N2C(=O)OC(C)(C)C2=O)=Nc2ccccc2S1(=O)=O. The van der Waals surface area contributed by atoms with Crippen LogP contribution in [0.1, 0.15) is 106 Å². The summed E-state index contributed by atoms with van der Waals surface area (Å²) < 4.78 is 40.5. The van der Waals surface area contributed by atoms with E-state index in [4.69, 9.17) is 9.47 Å². The summed E-state index contributed by atoms with van der Waals surface area (Å²) >= 11 is 1.46. The van der Waals surface area contributed by atoms with Crippen LogP contribution in [-0.2, 0) is 33.9 Å². The van der Waals surface area contributed by atoms with Gasteiger partial charge >= 0.3 is 6.09 Å². The van der Waals surface area contributed by atoms with Crippen molar-refractivity contribution < 1.29 is 37.1 Å². The Balaban J connectivity index is 1.77. The minimum absolute atomic E-state index is 0.0600. The fourth-order valence-corrected chi connectivity index (χ4v) is 8.64. The highest BCUT2D eigenvalue weighted by Gasteiger charge is 2.55. The molecule has 2 heterocycles. The van der Waals surface area contributed by atoms with Gasteiger partial charge in [-0.2, -0.15) is 0 Å². The highest BCUT2D eigenvalue weighted by atomic mass is 32.2. The molecule has 0 bridgehead atoms. The first-order valence-electron chi connectivity index (χ1n) is 18.8. The third-order valence-corrected chi connectivity index (χ3v) is 11.7. The molecule has 2 aliphatic rings. The number of nitrogens with one attached hydrogen (secondary N) is 2. The number of anilines is 2. The Morgan fingerprint density at radius 3 is 2.30 bits per heavy atom. The van der Waals surface area contributed by atoms with E-state index in [9.17, 15) is 27.6 Å². The number of unbranched alkanes of at least 4 members (excludes halogenated alkanes) is 5. The van der Waals surface area contributed by atoms with Crippen molar-refractivity contribution in [2.75, 3.05) is 30.4 Å². The van der Waals surface area contributed by atoms with E-state index in [1.54, 1.807) is 30.3 Å². The molecule has 0 spiro atoms. The molecule has 54 heavy (non-hydrogen) atoms. The highest BCUT2D eigenvalue weighted by molar-refractivity contribution is 8.00. The molecule has 1 fully saturated rings. The number of hydrogen-bond donors (Lipinski definition) is 2. The molecule has 2 aromatic rings. The second kappa shape index (κ2) is 18.6. The first kappa shape index (κ1) is 42.8. The van der Waals surface area contributed by atoms with Crippen LogP contribution in [0.15, 0.2) is 57.2 Å². The maximum Gasteiger partial charge on any atom is 0.418 e. The van der Waals surface area contributed by atoms with Gasteiger partial charge in [0.05, 0.1) is 11.4 Å². The van der Waals surface area contributed by atoms with Crippen LogP contribution in [0.25, 0.3) is 0 Å². The quantitative estimate of drug-likeness (QED) is 0.107. The molecule has 2 aliphatic heterocycles. The Hall–Kier alpha value is -3.95. The molecule has 2 aromatic carbocycles. The maximum atomic E-state index is 14.8. The van der Waals surface area contributed by atoms with Crippen molar-refractivity contribution >= 4 is 68.5 Å². The van der Waals surface area contributed by atoms with E-state index in [-0.39, 0.29) is 46.6 Å². The Morgan fingerprint density at radius 1 is 0.944 bits per heavy atom. The number of rotatable bonds is 19. The summed E-state index contributed by atoms with van der Waals surface area (Å²) in [6, 6.07) is 9.38. The van der Waals surface area contributed by atoms with E-state index in [0.29, 0.717) is 34.2 Å². The lowest BCUT2D eigenvalue weighted by molar-refractivity contribution is -0.137. The number of para-hydroxylation sites is 1. The molecule has 2 N–H and O–H groups in total. The summed E-state index contributed by atoms with van der Waals surface area (Å²) in [5, 5.41) is 5.77. The summed E-state index contributed by atoms with van der Waals surface area (Å²) in [6.07, 6.45) is 6.19. The number of cyclic esters (lactones) is 1. The van der Waals surface area contributed by atoms with Crippen LogP contribution in [0, 0.1) is 0 Å². The Kier molecular flexibility index (Phi) is 14.7. The van der Waals surface area contributed by atoms with Gasteiger partial charge in [-0.3, -0.25) is 18.7 Å². The lowest BCUT2D eigenvalue weighted by Gasteiger charge is -2.35. The van der Waals surface area contributed by atoms with Crippen molar-refractivity contribution in [3.05, 3.63) is 42.5 Å². The zero-order valence-electron chi connectivity index (χ0n) is 32.5. The van der Waals surface area contributed by atoms with Crippen molar-refractivity contribution in [2.24, 2.45) is 4.99 Å². The monoisotopic (exact) mass is 785 g/mol. The van der Waals surface area contributed by atoms with E-state index in [1.807, 2.05) is 20.8 Å². The number of carbonyl (C=O) groups is 4. The van der Waals surface area contributed by atoms with Crippen LogP contribution >= 0.6 is 11.8 Å². The van der Waals surface area contributed by atoms with E-state index < -0.39 is 39.6 Å². The summed E-state index contributed by atoms with van der Waals surface area (Å²) in [7, 11) is -4.32. The number of sulfonamides is 1. The molecule has 296 valence electrons. The first-order valence-corrected chi connectivity index (χ1v) is 21.0. The van der Waals surface area contributed by atoms with Crippen LogP contribution in [-0.4, -0.2) is 83.4 Å². The van der Waals surface area contributed by atoms with Gasteiger partial charge in [-0.05, 0) is 63.4 Å². The number of benzene rings is 2. The molecule has 1 saturated heterocycles. The van der Waals surface area contributed by atoms with Gasteiger partial charge in [0, 0.05) is 41.5 Å². The van der Waals surface area contributed by atoms with Crippen molar-refractivity contribution in [3.63, 3.8) is 0 Å². The molecular formula is C39H55N5O8S2. The fraction of sp³-hybridized carbons (Fsp3) is 0.564. The lowest BCUT2D eigenvalue weighted by atomic mass is 10.1. The van der Waals surface area contributed by atoms with Gasteiger partial charge in [-0.25, -0.2) is 23.1 Å².